The topological polar surface area (TPSA) is 51.7 Å². The maximum atomic E-state index is 5.36. The first-order chi connectivity index (χ1) is 10.3. The Kier molecular flexibility index (Phi) is 4.64. The summed E-state index contributed by atoms with van der Waals surface area (Å²) in [6.45, 7) is 4.26. The first-order valence-electron chi connectivity index (χ1n) is 6.65. The Morgan fingerprint density at radius 1 is 1.52 bits per heavy atom. The fourth-order valence-electron chi connectivity index (χ4n) is 2.02. The van der Waals surface area contributed by atoms with Gasteiger partial charge in [-0.3, -0.25) is 4.40 Å². The van der Waals surface area contributed by atoms with Gasteiger partial charge in [-0.25, -0.2) is 4.98 Å². The number of rotatable bonds is 7. The Hall–Kier alpha value is -1.28. The van der Waals surface area contributed by atoms with Gasteiger partial charge in [-0.15, -0.1) is 11.3 Å². The van der Waals surface area contributed by atoms with Crippen LogP contribution in [-0.4, -0.2) is 29.6 Å². The molecule has 0 amide bonds. The third kappa shape index (κ3) is 3.16. The van der Waals surface area contributed by atoms with E-state index in [0.29, 0.717) is 6.61 Å². The molecule has 0 aliphatic heterocycles. The van der Waals surface area contributed by atoms with E-state index >= 15 is 0 Å². The number of ether oxygens (including phenoxy) is 1. The second-order valence-electron chi connectivity index (χ2n) is 4.53. The van der Waals surface area contributed by atoms with E-state index in [1.165, 1.54) is 5.69 Å². The summed E-state index contributed by atoms with van der Waals surface area (Å²) in [5.74, 6) is 0.926. The van der Waals surface area contributed by atoms with Crippen LogP contribution < -0.4 is 5.32 Å². The molecule has 3 aromatic rings. The van der Waals surface area contributed by atoms with Crippen LogP contribution in [0.4, 0.5) is 0 Å². The normalized spacial score (nSPS) is 11.5. The van der Waals surface area contributed by atoms with Crippen LogP contribution in [0.25, 0.3) is 4.96 Å². The van der Waals surface area contributed by atoms with E-state index in [1.807, 2.05) is 13.0 Å². The van der Waals surface area contributed by atoms with E-state index in [2.05, 4.69) is 21.3 Å². The van der Waals surface area contributed by atoms with Crippen LogP contribution in [-0.2, 0) is 11.3 Å². The maximum absolute atomic E-state index is 5.36. The van der Waals surface area contributed by atoms with Crippen molar-refractivity contribution < 1.29 is 9.15 Å². The molecule has 0 bridgehead atoms. The van der Waals surface area contributed by atoms with Crippen molar-refractivity contribution in [2.75, 3.05) is 20.3 Å². The van der Waals surface area contributed by atoms with Crippen LogP contribution in [0.2, 0.25) is 0 Å². The molecule has 0 fully saturated rings. The highest BCUT2D eigenvalue weighted by Crippen LogP contribution is 2.34. The summed E-state index contributed by atoms with van der Waals surface area (Å²) in [6, 6.07) is 1.98. The summed E-state index contributed by atoms with van der Waals surface area (Å²) in [7, 11) is 1.71. The van der Waals surface area contributed by atoms with E-state index < -0.39 is 0 Å². The first-order valence-corrected chi connectivity index (χ1v) is 8.35. The van der Waals surface area contributed by atoms with Crippen LogP contribution >= 0.6 is 23.1 Å². The molecule has 0 radical (unpaired) electrons. The Bertz CT molecular complexity index is 717. The van der Waals surface area contributed by atoms with Gasteiger partial charge in [-0.2, -0.15) is 0 Å². The number of furan rings is 1. The zero-order valence-corrected chi connectivity index (χ0v) is 13.6. The van der Waals surface area contributed by atoms with Crippen LogP contribution in [0.3, 0.4) is 0 Å². The summed E-state index contributed by atoms with van der Waals surface area (Å²) in [4.78, 5) is 6.85. The van der Waals surface area contributed by atoms with Crippen LogP contribution in [0.1, 0.15) is 11.5 Å². The van der Waals surface area contributed by atoms with Gasteiger partial charge in [0.05, 0.1) is 23.5 Å². The van der Waals surface area contributed by atoms with E-state index in [-0.39, 0.29) is 0 Å². The summed E-state index contributed by atoms with van der Waals surface area (Å²) in [5, 5.41) is 6.47. The van der Waals surface area contributed by atoms with E-state index in [0.717, 1.165) is 33.7 Å². The molecule has 3 heterocycles. The van der Waals surface area contributed by atoms with E-state index in [9.17, 15) is 0 Å². The molecule has 0 aliphatic carbocycles. The molecule has 0 aromatic carbocycles. The number of hydrogen-bond acceptors (Lipinski definition) is 6. The maximum Gasteiger partial charge on any atom is 0.194 e. The number of imidazole rings is 1. The van der Waals surface area contributed by atoms with Crippen molar-refractivity contribution in [2.45, 2.75) is 23.4 Å². The minimum Gasteiger partial charge on any atom is -0.468 e. The predicted molar refractivity (Wildman–Crippen MR) is 84.2 cm³/mol. The van der Waals surface area contributed by atoms with Crippen molar-refractivity contribution in [1.82, 2.24) is 14.7 Å². The van der Waals surface area contributed by atoms with Gasteiger partial charge in [0, 0.05) is 31.8 Å². The molecule has 5 nitrogen and oxygen atoms in total. The first kappa shape index (κ1) is 14.6. The van der Waals surface area contributed by atoms with Crippen molar-refractivity contribution in [3.63, 3.8) is 0 Å². The average molecular weight is 323 g/mol. The molecule has 0 aliphatic rings. The lowest BCUT2D eigenvalue weighted by Gasteiger charge is -2.05. The molecule has 0 saturated carbocycles. The summed E-state index contributed by atoms with van der Waals surface area (Å²) in [6.07, 6.45) is 3.78. The van der Waals surface area contributed by atoms with Gasteiger partial charge in [-0.05, 0) is 13.0 Å². The molecule has 0 unspecified atom stereocenters. The number of hydrogen-bond donors (Lipinski definition) is 1. The van der Waals surface area contributed by atoms with Gasteiger partial charge in [0.2, 0.25) is 0 Å². The van der Waals surface area contributed by atoms with Crippen molar-refractivity contribution >= 4 is 28.1 Å². The number of nitrogens with zero attached hydrogens (tertiary/aromatic N) is 2. The van der Waals surface area contributed by atoms with E-state index in [4.69, 9.17) is 14.1 Å². The fraction of sp³-hybridized carbons (Fsp3) is 0.357. The molecule has 3 rings (SSSR count). The number of nitrogens with one attached hydrogen (secondary N) is 1. The SMILES string of the molecule is COCCNCc1c(Sc2ccoc2C)nc2sccn12. The van der Waals surface area contributed by atoms with Gasteiger partial charge in [0.1, 0.15) is 10.8 Å². The fourth-order valence-corrected chi connectivity index (χ4v) is 3.75. The van der Waals surface area contributed by atoms with Gasteiger partial charge in [-0.1, -0.05) is 11.8 Å². The lowest BCUT2D eigenvalue weighted by atomic mass is 10.4. The van der Waals surface area contributed by atoms with Crippen LogP contribution in [0.15, 0.2) is 38.2 Å². The molecule has 0 saturated heterocycles. The Morgan fingerprint density at radius 2 is 2.43 bits per heavy atom. The third-order valence-electron chi connectivity index (χ3n) is 3.12. The van der Waals surface area contributed by atoms with Crippen LogP contribution in [0, 0.1) is 6.92 Å². The van der Waals surface area contributed by atoms with Crippen molar-refractivity contribution in [1.29, 1.82) is 0 Å². The number of thiazole rings is 1. The number of methoxy groups -OCH3 is 1. The van der Waals surface area contributed by atoms with Crippen molar-refractivity contribution in [3.05, 3.63) is 35.4 Å². The predicted octanol–water partition coefficient (Wildman–Crippen LogP) is 3.18. The molecule has 21 heavy (non-hydrogen) atoms. The van der Waals surface area contributed by atoms with Gasteiger partial charge in [0.25, 0.3) is 0 Å². The number of aryl methyl sites for hydroxylation is 1. The smallest absolute Gasteiger partial charge is 0.194 e. The van der Waals surface area contributed by atoms with Gasteiger partial charge >= 0.3 is 0 Å². The second kappa shape index (κ2) is 6.65. The molecule has 0 spiro atoms. The summed E-state index contributed by atoms with van der Waals surface area (Å²) in [5.41, 5.74) is 1.17. The molecular formula is C14H17N3O2S2. The van der Waals surface area contributed by atoms with Crippen molar-refractivity contribution in [2.24, 2.45) is 0 Å². The molecule has 0 atom stereocenters. The van der Waals surface area contributed by atoms with E-state index in [1.54, 1.807) is 36.5 Å². The quantitative estimate of drug-likeness (QED) is 0.677. The molecule has 7 heteroatoms. The lowest BCUT2D eigenvalue weighted by molar-refractivity contribution is 0.199. The average Bonchev–Trinajstić information content (AvgIpc) is 3.14. The standard InChI is InChI=1S/C14H17N3O2S2/c1-10-12(3-6-19-10)21-13-11(9-15-4-7-18-2)17-5-8-20-14(17)16-13/h3,5-6,8,15H,4,7,9H2,1-2H3. The van der Waals surface area contributed by atoms with Crippen molar-refractivity contribution in [3.8, 4) is 0 Å². The number of aromatic nitrogens is 2. The molecule has 112 valence electrons. The lowest BCUT2D eigenvalue weighted by Crippen LogP contribution is -2.19. The molecule has 3 aromatic heterocycles. The molecule has 1 N–H and O–H groups in total. The minimum atomic E-state index is 0.703. The second-order valence-corrected chi connectivity index (χ2v) is 6.44. The monoisotopic (exact) mass is 323 g/mol. The number of fused-ring (bicyclic) bond motifs is 1. The zero-order valence-electron chi connectivity index (χ0n) is 12.0. The highest BCUT2D eigenvalue weighted by molar-refractivity contribution is 7.99. The van der Waals surface area contributed by atoms with Gasteiger partial charge < -0.3 is 14.5 Å². The Balaban J connectivity index is 1.83. The highest BCUT2D eigenvalue weighted by Gasteiger charge is 2.15. The summed E-state index contributed by atoms with van der Waals surface area (Å²) < 4.78 is 12.6. The highest BCUT2D eigenvalue weighted by atomic mass is 32.2. The minimum absolute atomic E-state index is 0.703. The Labute approximate surface area is 131 Å². The molecular weight excluding hydrogens is 306 g/mol. The van der Waals surface area contributed by atoms with Crippen LogP contribution in [0.5, 0.6) is 0 Å². The Morgan fingerprint density at radius 3 is 3.19 bits per heavy atom. The summed E-state index contributed by atoms with van der Waals surface area (Å²) >= 11 is 3.30. The third-order valence-corrected chi connectivity index (χ3v) is 5.04. The van der Waals surface area contributed by atoms with Gasteiger partial charge in [0.15, 0.2) is 4.96 Å². The largest absolute Gasteiger partial charge is 0.468 e. The zero-order chi connectivity index (χ0) is 14.7.